The third-order valence-electron chi connectivity index (χ3n) is 3.63. The standard InChI is InChI=1S/C15H26N4O/c1-10-12(16)18-14(15(2,3)4)19-13(10)17-9-11-7-5-6-8-20-11/h11H,5-9H2,1-4H3,(H3,16,17,18,19). The van der Waals surface area contributed by atoms with Crippen molar-refractivity contribution >= 4 is 11.6 Å². The van der Waals surface area contributed by atoms with Crippen LogP contribution in [0, 0.1) is 6.92 Å². The number of ether oxygens (including phenoxy) is 1. The van der Waals surface area contributed by atoms with E-state index in [1.807, 2.05) is 6.92 Å². The Morgan fingerprint density at radius 2 is 2.05 bits per heavy atom. The molecule has 0 amide bonds. The molecule has 3 N–H and O–H groups in total. The summed E-state index contributed by atoms with van der Waals surface area (Å²) in [7, 11) is 0. The zero-order chi connectivity index (χ0) is 14.8. The predicted molar refractivity (Wildman–Crippen MR) is 82.0 cm³/mol. The zero-order valence-electron chi connectivity index (χ0n) is 13.0. The van der Waals surface area contributed by atoms with Crippen LogP contribution in [-0.2, 0) is 10.2 Å². The minimum absolute atomic E-state index is 0.112. The highest BCUT2D eigenvalue weighted by molar-refractivity contribution is 5.55. The second-order valence-electron chi connectivity index (χ2n) is 6.53. The summed E-state index contributed by atoms with van der Waals surface area (Å²) >= 11 is 0. The molecule has 1 saturated heterocycles. The Morgan fingerprint density at radius 3 is 2.65 bits per heavy atom. The molecule has 5 nitrogen and oxygen atoms in total. The number of hydrogen-bond donors (Lipinski definition) is 2. The van der Waals surface area contributed by atoms with Crippen molar-refractivity contribution in [3.05, 3.63) is 11.4 Å². The van der Waals surface area contributed by atoms with Crippen molar-refractivity contribution in [2.75, 3.05) is 24.2 Å². The Balaban J connectivity index is 2.11. The van der Waals surface area contributed by atoms with E-state index in [4.69, 9.17) is 10.5 Å². The highest BCUT2D eigenvalue weighted by Crippen LogP contribution is 2.25. The molecule has 2 rings (SSSR count). The second kappa shape index (κ2) is 5.95. The van der Waals surface area contributed by atoms with Gasteiger partial charge in [0.1, 0.15) is 17.5 Å². The van der Waals surface area contributed by atoms with Crippen LogP contribution < -0.4 is 11.1 Å². The molecule has 1 atom stereocenters. The lowest BCUT2D eigenvalue weighted by molar-refractivity contribution is 0.0247. The van der Waals surface area contributed by atoms with Crippen molar-refractivity contribution in [2.24, 2.45) is 0 Å². The molecule has 1 aliphatic heterocycles. The summed E-state index contributed by atoms with van der Waals surface area (Å²) in [6.07, 6.45) is 3.80. The van der Waals surface area contributed by atoms with Crippen LogP contribution >= 0.6 is 0 Å². The maximum absolute atomic E-state index is 6.00. The van der Waals surface area contributed by atoms with Crippen LogP contribution in [0.3, 0.4) is 0 Å². The van der Waals surface area contributed by atoms with Gasteiger partial charge < -0.3 is 15.8 Å². The van der Waals surface area contributed by atoms with Crippen LogP contribution in [0.25, 0.3) is 0 Å². The number of nitrogens with two attached hydrogens (primary N) is 1. The van der Waals surface area contributed by atoms with Gasteiger partial charge in [-0.2, -0.15) is 0 Å². The summed E-state index contributed by atoms with van der Waals surface area (Å²) in [5.74, 6) is 2.15. The molecule has 0 aliphatic carbocycles. The van der Waals surface area contributed by atoms with Crippen LogP contribution in [0.2, 0.25) is 0 Å². The van der Waals surface area contributed by atoms with E-state index in [-0.39, 0.29) is 11.5 Å². The fourth-order valence-electron chi connectivity index (χ4n) is 2.22. The van der Waals surface area contributed by atoms with E-state index in [2.05, 4.69) is 36.1 Å². The molecule has 0 bridgehead atoms. The van der Waals surface area contributed by atoms with Crippen LogP contribution in [0.1, 0.15) is 51.4 Å². The van der Waals surface area contributed by atoms with Gasteiger partial charge in [-0.3, -0.25) is 0 Å². The van der Waals surface area contributed by atoms with E-state index >= 15 is 0 Å². The number of nitrogen functional groups attached to an aromatic ring is 1. The number of aromatic nitrogens is 2. The molecule has 1 fully saturated rings. The molecule has 2 heterocycles. The van der Waals surface area contributed by atoms with Crippen LogP contribution in [-0.4, -0.2) is 29.2 Å². The second-order valence-corrected chi connectivity index (χ2v) is 6.53. The first kappa shape index (κ1) is 15.0. The molecular formula is C15H26N4O. The highest BCUT2D eigenvalue weighted by atomic mass is 16.5. The van der Waals surface area contributed by atoms with Crippen LogP contribution in [0.5, 0.6) is 0 Å². The predicted octanol–water partition coefficient (Wildman–Crippen LogP) is 2.65. The van der Waals surface area contributed by atoms with Crippen LogP contribution in [0.15, 0.2) is 0 Å². The largest absolute Gasteiger partial charge is 0.383 e. The molecule has 1 aromatic rings. The summed E-state index contributed by atoms with van der Waals surface area (Å²) in [5.41, 5.74) is 6.80. The topological polar surface area (TPSA) is 73.1 Å². The third-order valence-corrected chi connectivity index (χ3v) is 3.63. The van der Waals surface area contributed by atoms with Gasteiger partial charge in [-0.15, -0.1) is 0 Å². The fraction of sp³-hybridized carbons (Fsp3) is 0.733. The number of rotatable bonds is 3. The summed E-state index contributed by atoms with van der Waals surface area (Å²) in [6.45, 7) is 9.86. The first-order chi connectivity index (χ1) is 9.38. The third kappa shape index (κ3) is 3.60. The average molecular weight is 278 g/mol. The van der Waals surface area contributed by atoms with Crippen molar-refractivity contribution < 1.29 is 4.74 Å². The lowest BCUT2D eigenvalue weighted by Gasteiger charge is -2.24. The molecule has 112 valence electrons. The van der Waals surface area contributed by atoms with Crippen molar-refractivity contribution in [2.45, 2.75) is 58.5 Å². The van der Waals surface area contributed by atoms with E-state index in [9.17, 15) is 0 Å². The van der Waals surface area contributed by atoms with E-state index in [0.717, 1.165) is 36.8 Å². The monoisotopic (exact) mass is 278 g/mol. The zero-order valence-corrected chi connectivity index (χ0v) is 13.0. The minimum Gasteiger partial charge on any atom is -0.383 e. The Morgan fingerprint density at radius 1 is 1.30 bits per heavy atom. The lowest BCUT2D eigenvalue weighted by atomic mass is 9.95. The molecule has 0 spiro atoms. The molecule has 5 heteroatoms. The SMILES string of the molecule is Cc1c(N)nc(C(C)(C)C)nc1NCC1CCCCO1. The van der Waals surface area contributed by atoms with Crippen molar-refractivity contribution in [3.8, 4) is 0 Å². The molecule has 0 saturated carbocycles. The first-order valence-electron chi connectivity index (χ1n) is 7.38. The average Bonchev–Trinajstić information content (AvgIpc) is 2.40. The molecular weight excluding hydrogens is 252 g/mol. The molecule has 20 heavy (non-hydrogen) atoms. The molecule has 0 aromatic carbocycles. The number of nitrogens with zero attached hydrogens (tertiary/aromatic N) is 2. The summed E-state index contributed by atoms with van der Waals surface area (Å²) < 4.78 is 5.73. The number of hydrogen-bond acceptors (Lipinski definition) is 5. The van der Waals surface area contributed by atoms with Crippen molar-refractivity contribution in [1.29, 1.82) is 0 Å². The fourth-order valence-corrected chi connectivity index (χ4v) is 2.22. The van der Waals surface area contributed by atoms with E-state index in [1.165, 1.54) is 12.8 Å². The van der Waals surface area contributed by atoms with Crippen molar-refractivity contribution in [1.82, 2.24) is 9.97 Å². The quantitative estimate of drug-likeness (QED) is 0.889. The number of anilines is 2. The molecule has 1 aliphatic rings. The van der Waals surface area contributed by atoms with Gasteiger partial charge in [0.25, 0.3) is 0 Å². The molecule has 1 aromatic heterocycles. The van der Waals surface area contributed by atoms with Crippen molar-refractivity contribution in [3.63, 3.8) is 0 Å². The van der Waals surface area contributed by atoms with Gasteiger partial charge in [0, 0.05) is 24.1 Å². The van der Waals surface area contributed by atoms with Gasteiger partial charge in [-0.05, 0) is 26.2 Å². The summed E-state index contributed by atoms with van der Waals surface area (Å²) in [4.78, 5) is 9.03. The summed E-state index contributed by atoms with van der Waals surface area (Å²) in [6, 6.07) is 0. The van der Waals surface area contributed by atoms with E-state index < -0.39 is 0 Å². The van der Waals surface area contributed by atoms with E-state index in [0.29, 0.717) is 5.82 Å². The number of nitrogens with one attached hydrogen (secondary N) is 1. The van der Waals surface area contributed by atoms with Gasteiger partial charge in [0.15, 0.2) is 0 Å². The maximum atomic E-state index is 6.00. The minimum atomic E-state index is -0.112. The first-order valence-corrected chi connectivity index (χ1v) is 7.38. The lowest BCUT2D eigenvalue weighted by Crippen LogP contribution is -2.28. The highest BCUT2D eigenvalue weighted by Gasteiger charge is 2.21. The Kier molecular flexibility index (Phi) is 4.48. The van der Waals surface area contributed by atoms with E-state index in [1.54, 1.807) is 0 Å². The Labute approximate surface area is 121 Å². The van der Waals surface area contributed by atoms with Gasteiger partial charge in [-0.1, -0.05) is 20.8 Å². The smallest absolute Gasteiger partial charge is 0.138 e. The summed E-state index contributed by atoms with van der Waals surface area (Å²) in [5, 5.41) is 3.38. The van der Waals surface area contributed by atoms with Crippen LogP contribution in [0.4, 0.5) is 11.6 Å². The van der Waals surface area contributed by atoms with Gasteiger partial charge in [0.2, 0.25) is 0 Å². The normalized spacial score (nSPS) is 19.9. The van der Waals surface area contributed by atoms with Gasteiger partial charge >= 0.3 is 0 Å². The maximum Gasteiger partial charge on any atom is 0.138 e. The Bertz CT molecular complexity index is 462. The van der Waals surface area contributed by atoms with Gasteiger partial charge in [-0.25, -0.2) is 9.97 Å². The molecule has 0 radical (unpaired) electrons. The molecule has 1 unspecified atom stereocenters. The Hall–Kier alpha value is -1.36. The van der Waals surface area contributed by atoms with Gasteiger partial charge in [0.05, 0.1) is 6.10 Å².